The molecule has 0 saturated carbocycles. The number of benzene rings is 1. The van der Waals surface area contributed by atoms with Crippen molar-refractivity contribution in [3.63, 3.8) is 0 Å². The number of carbonyl (C=O) groups is 1. The van der Waals surface area contributed by atoms with E-state index < -0.39 is 23.9 Å². The molecule has 6 nitrogen and oxygen atoms in total. The van der Waals surface area contributed by atoms with Gasteiger partial charge in [-0.1, -0.05) is 6.07 Å². The first-order chi connectivity index (χ1) is 10.1. The second-order valence-electron chi connectivity index (χ2n) is 6.27. The molecule has 1 amide bonds. The first kappa shape index (κ1) is 18.3. The van der Waals surface area contributed by atoms with E-state index in [4.69, 9.17) is 4.74 Å². The Morgan fingerprint density at radius 2 is 1.95 bits per heavy atom. The van der Waals surface area contributed by atoms with Gasteiger partial charge in [-0.25, -0.2) is 4.79 Å². The van der Waals surface area contributed by atoms with E-state index in [1.54, 1.807) is 33.8 Å². The predicted molar refractivity (Wildman–Crippen MR) is 82.7 cm³/mol. The number of aromatic hydroxyl groups is 1. The fraction of sp³-hybridized carbons (Fsp3) is 0.562. The van der Waals surface area contributed by atoms with Gasteiger partial charge >= 0.3 is 6.09 Å². The molecule has 2 unspecified atom stereocenters. The van der Waals surface area contributed by atoms with Crippen LogP contribution in [0, 0.1) is 6.92 Å². The first-order valence-electron chi connectivity index (χ1n) is 7.22. The van der Waals surface area contributed by atoms with Crippen molar-refractivity contribution in [3.8, 4) is 5.75 Å². The summed E-state index contributed by atoms with van der Waals surface area (Å²) in [6.07, 6.45) is -2.49. The molecule has 0 saturated heterocycles. The third kappa shape index (κ3) is 5.91. The van der Waals surface area contributed by atoms with Crippen molar-refractivity contribution in [2.75, 3.05) is 6.54 Å². The van der Waals surface area contributed by atoms with Gasteiger partial charge in [0.2, 0.25) is 0 Å². The Morgan fingerprint density at radius 1 is 1.32 bits per heavy atom. The standard InChI is InChI=1S/C16H25NO5/c1-10-9-11(18)5-6-12(10)14(20)13(19)7-8-17-15(21)22-16(2,3)4/h5-6,9,13-14,18-20H,7-8H2,1-4H3,(H,17,21). The second-order valence-corrected chi connectivity index (χ2v) is 6.27. The molecule has 0 heterocycles. The molecule has 0 aliphatic rings. The minimum atomic E-state index is -1.08. The summed E-state index contributed by atoms with van der Waals surface area (Å²) < 4.78 is 5.07. The second kappa shape index (κ2) is 7.47. The number of alkyl carbamates (subject to hydrolysis) is 1. The van der Waals surface area contributed by atoms with Gasteiger partial charge in [0, 0.05) is 6.54 Å². The van der Waals surface area contributed by atoms with Crippen LogP contribution in [0.15, 0.2) is 18.2 Å². The van der Waals surface area contributed by atoms with Gasteiger partial charge in [0.05, 0.1) is 6.10 Å². The van der Waals surface area contributed by atoms with Crippen LogP contribution in [0.2, 0.25) is 0 Å². The molecule has 0 aliphatic carbocycles. The smallest absolute Gasteiger partial charge is 0.407 e. The summed E-state index contributed by atoms with van der Waals surface area (Å²) in [5, 5.41) is 32.0. The molecule has 4 N–H and O–H groups in total. The number of hydrogen-bond donors (Lipinski definition) is 4. The molecule has 0 aromatic heterocycles. The van der Waals surface area contributed by atoms with E-state index in [9.17, 15) is 20.1 Å². The average molecular weight is 311 g/mol. The van der Waals surface area contributed by atoms with Crippen LogP contribution in [0.5, 0.6) is 5.75 Å². The van der Waals surface area contributed by atoms with Crippen LogP contribution < -0.4 is 5.32 Å². The quantitative estimate of drug-likeness (QED) is 0.666. The molecule has 0 radical (unpaired) electrons. The van der Waals surface area contributed by atoms with E-state index in [0.717, 1.165) is 0 Å². The van der Waals surface area contributed by atoms with Crippen molar-refractivity contribution in [1.29, 1.82) is 0 Å². The van der Waals surface area contributed by atoms with Gasteiger partial charge in [-0.2, -0.15) is 0 Å². The number of amides is 1. The largest absolute Gasteiger partial charge is 0.508 e. The molecular formula is C16H25NO5. The zero-order valence-corrected chi connectivity index (χ0v) is 13.5. The predicted octanol–water partition coefficient (Wildman–Crippen LogP) is 2.01. The van der Waals surface area contributed by atoms with Crippen LogP contribution in [0.3, 0.4) is 0 Å². The number of phenols is 1. The molecule has 0 spiro atoms. The summed E-state index contributed by atoms with van der Waals surface area (Å²) in [4.78, 5) is 11.5. The number of aliphatic hydroxyl groups excluding tert-OH is 2. The third-order valence-corrected chi connectivity index (χ3v) is 3.04. The molecule has 1 rings (SSSR count). The van der Waals surface area contributed by atoms with Crippen LogP contribution in [0.4, 0.5) is 4.79 Å². The lowest BCUT2D eigenvalue weighted by atomic mass is 9.97. The molecule has 2 atom stereocenters. The Hall–Kier alpha value is -1.79. The zero-order chi connectivity index (χ0) is 16.9. The number of carbonyl (C=O) groups excluding carboxylic acids is 1. The Balaban J connectivity index is 2.48. The zero-order valence-electron chi connectivity index (χ0n) is 13.5. The number of aryl methyl sites for hydroxylation is 1. The Bertz CT molecular complexity index is 510. The summed E-state index contributed by atoms with van der Waals surface area (Å²) >= 11 is 0. The molecular weight excluding hydrogens is 286 g/mol. The van der Waals surface area contributed by atoms with E-state index >= 15 is 0 Å². The highest BCUT2D eigenvalue weighted by Gasteiger charge is 2.21. The van der Waals surface area contributed by atoms with Crippen molar-refractivity contribution in [3.05, 3.63) is 29.3 Å². The Labute approximate surface area is 130 Å². The molecule has 0 bridgehead atoms. The van der Waals surface area contributed by atoms with Crippen molar-refractivity contribution in [2.45, 2.75) is 51.9 Å². The maximum atomic E-state index is 11.5. The minimum Gasteiger partial charge on any atom is -0.508 e. The van der Waals surface area contributed by atoms with Crippen LogP contribution >= 0.6 is 0 Å². The number of hydrogen-bond acceptors (Lipinski definition) is 5. The SMILES string of the molecule is Cc1cc(O)ccc1C(O)C(O)CCNC(=O)OC(C)(C)C. The number of ether oxygens (including phenoxy) is 1. The molecule has 0 aliphatic heterocycles. The molecule has 22 heavy (non-hydrogen) atoms. The van der Waals surface area contributed by atoms with Crippen molar-refractivity contribution in [2.24, 2.45) is 0 Å². The van der Waals surface area contributed by atoms with E-state index in [1.807, 2.05) is 0 Å². The number of aliphatic hydroxyl groups is 2. The maximum absolute atomic E-state index is 11.5. The van der Waals surface area contributed by atoms with Gasteiger partial charge in [-0.15, -0.1) is 0 Å². The molecule has 6 heteroatoms. The van der Waals surface area contributed by atoms with Crippen molar-refractivity contribution < 1.29 is 24.9 Å². The fourth-order valence-corrected chi connectivity index (χ4v) is 1.99. The lowest BCUT2D eigenvalue weighted by molar-refractivity contribution is 0.0119. The first-order valence-corrected chi connectivity index (χ1v) is 7.22. The monoisotopic (exact) mass is 311 g/mol. The van der Waals surface area contributed by atoms with E-state index in [0.29, 0.717) is 11.1 Å². The van der Waals surface area contributed by atoms with Gasteiger partial charge in [-0.3, -0.25) is 0 Å². The lowest BCUT2D eigenvalue weighted by Crippen LogP contribution is -2.34. The third-order valence-electron chi connectivity index (χ3n) is 3.04. The van der Waals surface area contributed by atoms with Crippen LogP contribution in [0.25, 0.3) is 0 Å². The van der Waals surface area contributed by atoms with Crippen LogP contribution in [-0.2, 0) is 4.74 Å². The van der Waals surface area contributed by atoms with Gasteiger partial charge in [0.15, 0.2) is 0 Å². The maximum Gasteiger partial charge on any atom is 0.407 e. The Kier molecular flexibility index (Phi) is 6.20. The highest BCUT2D eigenvalue weighted by atomic mass is 16.6. The highest BCUT2D eigenvalue weighted by Crippen LogP contribution is 2.25. The van der Waals surface area contributed by atoms with Crippen molar-refractivity contribution >= 4 is 6.09 Å². The minimum absolute atomic E-state index is 0.106. The normalized spacial score (nSPS) is 14.3. The highest BCUT2D eigenvalue weighted by molar-refractivity contribution is 5.67. The van der Waals surface area contributed by atoms with E-state index in [-0.39, 0.29) is 18.7 Å². The van der Waals surface area contributed by atoms with Gasteiger partial charge in [0.1, 0.15) is 17.5 Å². The van der Waals surface area contributed by atoms with Crippen LogP contribution in [-0.4, -0.2) is 39.7 Å². The molecule has 1 aromatic carbocycles. The number of rotatable bonds is 5. The summed E-state index contributed by atoms with van der Waals surface area (Å²) in [6.45, 7) is 7.21. The summed E-state index contributed by atoms with van der Waals surface area (Å²) in [6, 6.07) is 4.54. The van der Waals surface area contributed by atoms with Gasteiger partial charge in [-0.05, 0) is 57.4 Å². The van der Waals surface area contributed by atoms with Gasteiger partial charge in [0.25, 0.3) is 0 Å². The van der Waals surface area contributed by atoms with E-state index in [1.165, 1.54) is 12.1 Å². The Morgan fingerprint density at radius 3 is 2.50 bits per heavy atom. The summed E-state index contributed by atoms with van der Waals surface area (Å²) in [7, 11) is 0. The molecule has 124 valence electrons. The molecule has 0 fully saturated rings. The average Bonchev–Trinajstić information content (AvgIpc) is 2.35. The van der Waals surface area contributed by atoms with Gasteiger partial charge < -0.3 is 25.4 Å². The lowest BCUT2D eigenvalue weighted by Gasteiger charge is -2.22. The number of nitrogens with one attached hydrogen (secondary N) is 1. The van der Waals surface area contributed by atoms with Crippen molar-refractivity contribution in [1.82, 2.24) is 5.32 Å². The fourth-order valence-electron chi connectivity index (χ4n) is 1.99. The topological polar surface area (TPSA) is 99.0 Å². The number of phenolic OH excluding ortho intramolecular Hbond substituents is 1. The van der Waals surface area contributed by atoms with E-state index in [2.05, 4.69) is 5.32 Å². The van der Waals surface area contributed by atoms with Crippen LogP contribution in [0.1, 0.15) is 44.4 Å². The summed E-state index contributed by atoms with van der Waals surface area (Å²) in [5.41, 5.74) is 0.653. The summed E-state index contributed by atoms with van der Waals surface area (Å²) in [5.74, 6) is 0.106. The molecule has 1 aromatic rings.